The number of hydrogen-bond donors (Lipinski definition) is 1. The molecule has 3 heteroatoms. The zero-order valence-corrected chi connectivity index (χ0v) is 7.31. The summed E-state index contributed by atoms with van der Waals surface area (Å²) in [5, 5.41) is 2.93. The van der Waals surface area contributed by atoms with Crippen LogP contribution in [0.3, 0.4) is 0 Å². The molecule has 1 saturated heterocycles. The predicted octanol–water partition coefficient (Wildman–Crippen LogP) is 0.547. The highest BCUT2D eigenvalue weighted by molar-refractivity contribution is 5.78. The van der Waals surface area contributed by atoms with Gasteiger partial charge in [-0.3, -0.25) is 4.79 Å². The fraction of sp³-hybridized carbons (Fsp3) is 0.875. The maximum Gasteiger partial charge on any atom is 0.223 e. The molecule has 0 aromatic carbocycles. The molecule has 0 bridgehead atoms. The summed E-state index contributed by atoms with van der Waals surface area (Å²) < 4.78 is 5.00. The molecule has 1 aliphatic heterocycles. The Hall–Kier alpha value is -0.570. The van der Waals surface area contributed by atoms with Gasteiger partial charge in [0.2, 0.25) is 5.91 Å². The Bertz CT molecular complexity index is 161. The SMILES string of the molecule is CC(C)C(=O)NC1(C)COC1. The van der Waals surface area contributed by atoms with E-state index < -0.39 is 0 Å². The number of carbonyl (C=O) groups excluding carboxylic acids is 1. The van der Waals surface area contributed by atoms with E-state index in [1.807, 2.05) is 20.8 Å². The first-order valence-corrected chi connectivity index (χ1v) is 3.93. The summed E-state index contributed by atoms with van der Waals surface area (Å²) in [6.07, 6.45) is 0. The lowest BCUT2D eigenvalue weighted by atomic mass is 9.99. The van der Waals surface area contributed by atoms with Crippen molar-refractivity contribution in [3.8, 4) is 0 Å². The van der Waals surface area contributed by atoms with Crippen molar-refractivity contribution >= 4 is 5.91 Å². The molecule has 1 aliphatic rings. The average molecular weight is 157 g/mol. The monoisotopic (exact) mass is 157 g/mol. The number of nitrogens with one attached hydrogen (secondary N) is 1. The maximum absolute atomic E-state index is 11.2. The first-order chi connectivity index (χ1) is 5.03. The minimum absolute atomic E-state index is 0.0624. The van der Waals surface area contributed by atoms with Gasteiger partial charge in [0, 0.05) is 5.92 Å². The van der Waals surface area contributed by atoms with Crippen molar-refractivity contribution in [2.24, 2.45) is 5.92 Å². The van der Waals surface area contributed by atoms with Gasteiger partial charge in [-0.1, -0.05) is 13.8 Å². The Labute approximate surface area is 67.1 Å². The standard InChI is InChI=1S/C8H15NO2/c1-6(2)7(10)9-8(3)4-11-5-8/h6H,4-5H2,1-3H3,(H,9,10). The highest BCUT2D eigenvalue weighted by Gasteiger charge is 2.35. The zero-order chi connectivity index (χ0) is 8.48. The van der Waals surface area contributed by atoms with E-state index in [0.29, 0.717) is 13.2 Å². The van der Waals surface area contributed by atoms with E-state index in [-0.39, 0.29) is 17.4 Å². The van der Waals surface area contributed by atoms with Crippen molar-refractivity contribution in [1.82, 2.24) is 5.32 Å². The normalized spacial score (nSPS) is 21.1. The zero-order valence-electron chi connectivity index (χ0n) is 7.31. The third-order valence-electron chi connectivity index (χ3n) is 1.79. The molecule has 0 atom stereocenters. The molecule has 64 valence electrons. The van der Waals surface area contributed by atoms with Crippen LogP contribution in [0.25, 0.3) is 0 Å². The van der Waals surface area contributed by atoms with Gasteiger partial charge in [0.05, 0.1) is 18.8 Å². The Balaban J connectivity index is 2.35. The lowest BCUT2D eigenvalue weighted by molar-refractivity contribution is -0.133. The molecule has 1 rings (SSSR count). The van der Waals surface area contributed by atoms with E-state index in [1.54, 1.807) is 0 Å². The van der Waals surface area contributed by atoms with E-state index >= 15 is 0 Å². The fourth-order valence-corrected chi connectivity index (χ4v) is 0.922. The van der Waals surface area contributed by atoms with Gasteiger partial charge in [0.15, 0.2) is 0 Å². The van der Waals surface area contributed by atoms with Crippen molar-refractivity contribution in [3.05, 3.63) is 0 Å². The first-order valence-electron chi connectivity index (χ1n) is 3.93. The van der Waals surface area contributed by atoms with Gasteiger partial charge < -0.3 is 10.1 Å². The van der Waals surface area contributed by atoms with E-state index in [9.17, 15) is 4.79 Å². The summed E-state index contributed by atoms with van der Waals surface area (Å²) in [7, 11) is 0. The predicted molar refractivity (Wildman–Crippen MR) is 42.2 cm³/mol. The largest absolute Gasteiger partial charge is 0.376 e. The van der Waals surface area contributed by atoms with Crippen LogP contribution in [0.2, 0.25) is 0 Å². The Morgan fingerprint density at radius 2 is 2.09 bits per heavy atom. The highest BCUT2D eigenvalue weighted by atomic mass is 16.5. The van der Waals surface area contributed by atoms with Gasteiger partial charge in [-0.05, 0) is 6.92 Å². The maximum atomic E-state index is 11.2. The van der Waals surface area contributed by atoms with Crippen molar-refractivity contribution in [3.63, 3.8) is 0 Å². The van der Waals surface area contributed by atoms with Crippen LogP contribution in [-0.4, -0.2) is 24.7 Å². The quantitative estimate of drug-likeness (QED) is 0.635. The molecular formula is C8H15NO2. The van der Waals surface area contributed by atoms with Crippen molar-refractivity contribution in [2.75, 3.05) is 13.2 Å². The van der Waals surface area contributed by atoms with Gasteiger partial charge in [-0.2, -0.15) is 0 Å². The van der Waals surface area contributed by atoms with Crippen LogP contribution in [0.5, 0.6) is 0 Å². The Morgan fingerprint density at radius 1 is 1.55 bits per heavy atom. The van der Waals surface area contributed by atoms with E-state index in [1.165, 1.54) is 0 Å². The molecule has 11 heavy (non-hydrogen) atoms. The number of rotatable bonds is 2. The third-order valence-corrected chi connectivity index (χ3v) is 1.79. The Morgan fingerprint density at radius 3 is 2.36 bits per heavy atom. The van der Waals surface area contributed by atoms with Gasteiger partial charge in [0.25, 0.3) is 0 Å². The van der Waals surface area contributed by atoms with Crippen LogP contribution < -0.4 is 5.32 Å². The fourth-order valence-electron chi connectivity index (χ4n) is 0.922. The second kappa shape index (κ2) is 2.81. The van der Waals surface area contributed by atoms with Gasteiger partial charge >= 0.3 is 0 Å². The van der Waals surface area contributed by atoms with Gasteiger partial charge in [-0.15, -0.1) is 0 Å². The molecule has 1 N–H and O–H groups in total. The second-order valence-corrected chi connectivity index (χ2v) is 3.70. The lowest BCUT2D eigenvalue weighted by Crippen LogP contribution is -2.60. The molecule has 0 aromatic rings. The molecule has 0 spiro atoms. The number of carbonyl (C=O) groups is 1. The minimum Gasteiger partial charge on any atom is -0.376 e. The molecule has 1 amide bonds. The summed E-state index contributed by atoms with van der Waals surface area (Å²) in [5.41, 5.74) is -0.0959. The number of hydrogen-bond acceptors (Lipinski definition) is 2. The molecule has 0 aromatic heterocycles. The lowest BCUT2D eigenvalue weighted by Gasteiger charge is -2.39. The first kappa shape index (κ1) is 8.53. The van der Waals surface area contributed by atoms with Crippen molar-refractivity contribution < 1.29 is 9.53 Å². The van der Waals surface area contributed by atoms with E-state index in [0.717, 1.165) is 0 Å². The Kier molecular flexibility index (Phi) is 2.18. The molecule has 1 heterocycles. The molecular weight excluding hydrogens is 142 g/mol. The van der Waals surface area contributed by atoms with Crippen LogP contribution in [0.1, 0.15) is 20.8 Å². The molecule has 0 aliphatic carbocycles. The van der Waals surface area contributed by atoms with Gasteiger partial charge in [-0.25, -0.2) is 0 Å². The molecule has 3 nitrogen and oxygen atoms in total. The average Bonchev–Trinajstić information content (AvgIpc) is 1.84. The summed E-state index contributed by atoms with van der Waals surface area (Å²) in [4.78, 5) is 11.2. The van der Waals surface area contributed by atoms with Crippen LogP contribution in [0, 0.1) is 5.92 Å². The van der Waals surface area contributed by atoms with Gasteiger partial charge in [0.1, 0.15) is 0 Å². The van der Waals surface area contributed by atoms with E-state index in [4.69, 9.17) is 4.74 Å². The second-order valence-electron chi connectivity index (χ2n) is 3.70. The molecule has 0 saturated carbocycles. The topological polar surface area (TPSA) is 38.3 Å². The minimum atomic E-state index is -0.0959. The number of amides is 1. The van der Waals surface area contributed by atoms with Crippen molar-refractivity contribution in [1.29, 1.82) is 0 Å². The number of ether oxygens (including phenoxy) is 1. The van der Waals surface area contributed by atoms with Crippen LogP contribution in [0.4, 0.5) is 0 Å². The summed E-state index contributed by atoms with van der Waals surface area (Å²) in [6, 6.07) is 0. The molecule has 0 unspecified atom stereocenters. The summed E-state index contributed by atoms with van der Waals surface area (Å²) >= 11 is 0. The van der Waals surface area contributed by atoms with Crippen molar-refractivity contribution in [2.45, 2.75) is 26.3 Å². The van der Waals surface area contributed by atoms with Crippen LogP contribution >= 0.6 is 0 Å². The van der Waals surface area contributed by atoms with Crippen LogP contribution in [0.15, 0.2) is 0 Å². The molecule has 1 fully saturated rings. The van der Waals surface area contributed by atoms with Crippen LogP contribution in [-0.2, 0) is 9.53 Å². The third kappa shape index (κ3) is 1.93. The van der Waals surface area contributed by atoms with E-state index in [2.05, 4.69) is 5.32 Å². The summed E-state index contributed by atoms with van der Waals surface area (Å²) in [6.45, 7) is 7.06. The summed E-state index contributed by atoms with van der Waals surface area (Å²) in [5.74, 6) is 0.170. The molecule has 0 radical (unpaired) electrons. The highest BCUT2D eigenvalue weighted by Crippen LogP contribution is 2.15. The smallest absolute Gasteiger partial charge is 0.223 e.